The molecule has 0 bridgehead atoms. The molecule has 0 saturated carbocycles. The number of carboxylic acids is 2. The largest absolute Gasteiger partial charge is 0.478 e. The van der Waals surface area contributed by atoms with Crippen LogP contribution in [-0.2, 0) is 14.3 Å². The number of carboxylic acid groups (broad SMARTS) is 3. The van der Waals surface area contributed by atoms with E-state index in [1.54, 1.807) is 6.92 Å². The van der Waals surface area contributed by atoms with Crippen molar-refractivity contribution in [1.29, 1.82) is 0 Å². The topological polar surface area (TPSA) is 150 Å². The molecule has 0 aliphatic heterocycles. The number of hydrogen-bond acceptors (Lipinski definition) is 5. The fourth-order valence-electron chi connectivity index (χ4n) is 0.254. The van der Waals surface area contributed by atoms with Gasteiger partial charge in [0.2, 0.25) is 0 Å². The van der Waals surface area contributed by atoms with Crippen molar-refractivity contribution in [1.82, 2.24) is 5.32 Å². The zero-order valence-electron chi connectivity index (χ0n) is 12.0. The molecule has 0 spiro atoms. The molecule has 0 unspecified atom stereocenters. The Morgan fingerprint density at radius 3 is 1.38 bits per heavy atom. The standard InChI is InChI=1S/C4H7NO4.2C4H6O2/c1-2-9-4(8)5-3(6)7;2*1-3(2)4(5)6/h2H2,1H3,(H,5,8)(H,6,7);2*1H2,2H3,(H,5,6). The van der Waals surface area contributed by atoms with E-state index in [9.17, 15) is 19.2 Å². The maximum atomic E-state index is 10.1. The third-order valence-electron chi connectivity index (χ3n) is 1.21. The molecule has 4 N–H and O–H groups in total. The lowest BCUT2D eigenvalue weighted by Crippen LogP contribution is -2.29. The summed E-state index contributed by atoms with van der Waals surface area (Å²) in [4.78, 5) is 39.0. The van der Waals surface area contributed by atoms with E-state index in [1.807, 2.05) is 0 Å². The Hall–Kier alpha value is -2.84. The summed E-state index contributed by atoms with van der Waals surface area (Å²) in [5, 5.41) is 25.2. The molecule has 0 aliphatic carbocycles. The Balaban J connectivity index is -0.000000240. The van der Waals surface area contributed by atoms with Gasteiger partial charge in [0.25, 0.3) is 0 Å². The Kier molecular flexibility index (Phi) is 15.1. The first-order valence-electron chi connectivity index (χ1n) is 5.39. The molecule has 0 aromatic carbocycles. The zero-order chi connectivity index (χ0) is 17.6. The fraction of sp³-hybridized carbons (Fsp3) is 0.333. The highest BCUT2D eigenvalue weighted by atomic mass is 16.6. The number of amides is 2. The van der Waals surface area contributed by atoms with E-state index in [4.69, 9.17) is 15.3 Å². The molecule has 0 saturated heterocycles. The van der Waals surface area contributed by atoms with E-state index in [-0.39, 0.29) is 17.8 Å². The van der Waals surface area contributed by atoms with Gasteiger partial charge in [0, 0.05) is 11.1 Å². The third-order valence-corrected chi connectivity index (χ3v) is 1.21. The molecule has 120 valence electrons. The summed E-state index contributed by atoms with van der Waals surface area (Å²) < 4.78 is 4.22. The lowest BCUT2D eigenvalue weighted by Gasteiger charge is -1.97. The normalized spacial score (nSPS) is 7.76. The minimum atomic E-state index is -1.41. The summed E-state index contributed by atoms with van der Waals surface area (Å²) in [6.07, 6.45) is -2.35. The number of ether oxygens (including phenoxy) is 1. The van der Waals surface area contributed by atoms with Gasteiger partial charge in [-0.2, -0.15) is 0 Å². The van der Waals surface area contributed by atoms with Crippen LogP contribution in [0.15, 0.2) is 24.3 Å². The highest BCUT2D eigenvalue weighted by Crippen LogP contribution is 1.81. The van der Waals surface area contributed by atoms with Crippen LogP contribution in [0.1, 0.15) is 20.8 Å². The van der Waals surface area contributed by atoms with Gasteiger partial charge in [0.15, 0.2) is 0 Å². The van der Waals surface area contributed by atoms with Gasteiger partial charge < -0.3 is 20.1 Å². The lowest BCUT2D eigenvalue weighted by atomic mass is 10.4. The Morgan fingerprint density at radius 1 is 0.952 bits per heavy atom. The zero-order valence-corrected chi connectivity index (χ0v) is 12.0. The first kappa shape index (κ1) is 23.3. The van der Waals surface area contributed by atoms with Crippen LogP contribution >= 0.6 is 0 Å². The molecule has 0 rings (SSSR count). The number of alkyl carbamates (subject to hydrolysis) is 1. The number of nitrogens with one attached hydrogen (secondary N) is 1. The number of hydrogen-bond donors (Lipinski definition) is 4. The van der Waals surface area contributed by atoms with Crippen molar-refractivity contribution in [2.75, 3.05) is 6.61 Å². The highest BCUT2D eigenvalue weighted by molar-refractivity contribution is 5.86. The van der Waals surface area contributed by atoms with Crippen LogP contribution in [-0.4, -0.2) is 46.1 Å². The van der Waals surface area contributed by atoms with Crippen molar-refractivity contribution < 1.29 is 39.2 Å². The number of rotatable bonds is 3. The number of carbonyl (C=O) groups is 4. The summed E-state index contributed by atoms with van der Waals surface area (Å²) in [5.41, 5.74) is 0.352. The van der Waals surface area contributed by atoms with Gasteiger partial charge in [-0.3, -0.25) is 0 Å². The summed E-state index contributed by atoms with van der Waals surface area (Å²) >= 11 is 0. The van der Waals surface area contributed by atoms with Gasteiger partial charge in [0.05, 0.1) is 6.61 Å². The molecule has 0 heterocycles. The van der Waals surface area contributed by atoms with Gasteiger partial charge in [0.1, 0.15) is 0 Å². The molecule has 0 atom stereocenters. The second-order valence-corrected chi connectivity index (χ2v) is 3.32. The molecular formula is C12H19NO8. The van der Waals surface area contributed by atoms with Crippen LogP contribution in [0.3, 0.4) is 0 Å². The SMILES string of the molecule is C=C(C)C(=O)O.C=C(C)C(=O)O.CCOC(=O)NC(=O)O. The summed E-state index contributed by atoms with van der Waals surface area (Å²) in [5.74, 6) is -1.87. The predicted octanol–water partition coefficient (Wildman–Crippen LogP) is 1.70. The molecular weight excluding hydrogens is 286 g/mol. The summed E-state index contributed by atoms with van der Waals surface area (Å²) in [7, 11) is 0. The second kappa shape index (κ2) is 13.6. The number of imide groups is 1. The van der Waals surface area contributed by atoms with Crippen LogP contribution in [0.25, 0.3) is 0 Å². The Morgan fingerprint density at radius 2 is 1.24 bits per heavy atom. The highest BCUT2D eigenvalue weighted by Gasteiger charge is 2.02. The van der Waals surface area contributed by atoms with Crippen molar-refractivity contribution >= 4 is 24.1 Å². The third kappa shape index (κ3) is 26.7. The second-order valence-electron chi connectivity index (χ2n) is 3.32. The maximum absolute atomic E-state index is 10.1. The van der Waals surface area contributed by atoms with Gasteiger partial charge in [-0.1, -0.05) is 13.2 Å². The van der Waals surface area contributed by atoms with Crippen molar-refractivity contribution in [2.24, 2.45) is 0 Å². The van der Waals surface area contributed by atoms with Crippen LogP contribution in [0, 0.1) is 0 Å². The van der Waals surface area contributed by atoms with Gasteiger partial charge in [-0.25, -0.2) is 24.5 Å². The van der Waals surface area contributed by atoms with Gasteiger partial charge in [-0.05, 0) is 20.8 Å². The van der Waals surface area contributed by atoms with Crippen LogP contribution < -0.4 is 5.32 Å². The summed E-state index contributed by atoms with van der Waals surface area (Å²) in [6.45, 7) is 11.0. The first-order valence-corrected chi connectivity index (χ1v) is 5.39. The predicted molar refractivity (Wildman–Crippen MR) is 73.1 cm³/mol. The van der Waals surface area contributed by atoms with Crippen molar-refractivity contribution in [3.05, 3.63) is 24.3 Å². The minimum Gasteiger partial charge on any atom is -0.478 e. The van der Waals surface area contributed by atoms with E-state index in [2.05, 4.69) is 17.9 Å². The van der Waals surface area contributed by atoms with Gasteiger partial charge in [-0.15, -0.1) is 0 Å². The molecule has 21 heavy (non-hydrogen) atoms. The molecule has 2 amide bonds. The van der Waals surface area contributed by atoms with Crippen molar-refractivity contribution in [3.63, 3.8) is 0 Å². The van der Waals surface area contributed by atoms with Crippen molar-refractivity contribution in [3.8, 4) is 0 Å². The maximum Gasteiger partial charge on any atom is 0.416 e. The van der Waals surface area contributed by atoms with Crippen molar-refractivity contribution in [2.45, 2.75) is 20.8 Å². The molecule has 0 aliphatic rings. The van der Waals surface area contributed by atoms with E-state index in [0.717, 1.165) is 0 Å². The first-order chi connectivity index (χ1) is 9.45. The molecule has 9 nitrogen and oxygen atoms in total. The average Bonchev–Trinajstić information content (AvgIpc) is 2.29. The van der Waals surface area contributed by atoms with Crippen LogP contribution in [0.5, 0.6) is 0 Å². The molecule has 0 fully saturated rings. The van der Waals surface area contributed by atoms with Crippen LogP contribution in [0.4, 0.5) is 9.59 Å². The van der Waals surface area contributed by atoms with E-state index < -0.39 is 24.1 Å². The average molecular weight is 305 g/mol. The van der Waals surface area contributed by atoms with E-state index in [0.29, 0.717) is 0 Å². The van der Waals surface area contributed by atoms with Gasteiger partial charge >= 0.3 is 24.1 Å². The quantitative estimate of drug-likeness (QED) is 0.575. The molecule has 0 aromatic heterocycles. The Labute approximate surface area is 121 Å². The summed E-state index contributed by atoms with van der Waals surface area (Å²) in [6, 6.07) is 0. The molecule has 9 heteroatoms. The molecule has 0 aromatic rings. The monoisotopic (exact) mass is 305 g/mol. The molecule has 0 radical (unpaired) electrons. The van der Waals surface area contributed by atoms with E-state index >= 15 is 0 Å². The van der Waals surface area contributed by atoms with Crippen LogP contribution in [0.2, 0.25) is 0 Å². The lowest BCUT2D eigenvalue weighted by molar-refractivity contribution is -0.133. The Bertz CT molecular complexity index is 365. The minimum absolute atomic E-state index is 0.166. The fourth-order valence-corrected chi connectivity index (χ4v) is 0.254. The van der Waals surface area contributed by atoms with E-state index in [1.165, 1.54) is 19.2 Å². The smallest absolute Gasteiger partial charge is 0.416 e. The number of aliphatic carboxylic acids is 2. The number of carbonyl (C=O) groups excluding carboxylic acids is 1.